The van der Waals surface area contributed by atoms with Crippen LogP contribution in [0.4, 0.5) is 10.1 Å². The molecule has 4 rings (SSSR count). The number of hydrogen-bond acceptors (Lipinski definition) is 2. The zero-order chi connectivity index (χ0) is 16.0. The van der Waals surface area contributed by atoms with Crippen molar-refractivity contribution in [3.05, 3.63) is 77.1 Å². The molecule has 2 aromatic carbocycles. The Morgan fingerprint density at radius 2 is 2.00 bits per heavy atom. The quantitative estimate of drug-likeness (QED) is 0.634. The van der Waals surface area contributed by atoms with Crippen LogP contribution in [0.1, 0.15) is 46.8 Å². The Kier molecular flexibility index (Phi) is 3.29. The lowest BCUT2D eigenvalue weighted by Gasteiger charge is -2.37. The number of rotatable bonds is 2. The van der Waals surface area contributed by atoms with Crippen LogP contribution >= 0.6 is 0 Å². The average molecular weight is 307 g/mol. The summed E-state index contributed by atoms with van der Waals surface area (Å²) < 4.78 is 14.3. The molecule has 116 valence electrons. The number of carbonyl (C=O) groups is 1. The third-order valence-corrected chi connectivity index (χ3v) is 5.01. The second-order valence-corrected chi connectivity index (χ2v) is 6.36. The molecule has 0 fully saturated rings. The van der Waals surface area contributed by atoms with Crippen molar-refractivity contribution in [2.45, 2.75) is 25.3 Å². The highest BCUT2D eigenvalue weighted by Gasteiger charge is 2.38. The van der Waals surface area contributed by atoms with Crippen molar-refractivity contribution >= 4 is 11.5 Å². The SMILES string of the molecule is CC(=O)c1ccc2c(c1)[C@H]1C=CC[C@@H]1[C@H](c1ccccc1F)N2. The first kappa shape index (κ1) is 14.2. The minimum atomic E-state index is -0.167. The molecular weight excluding hydrogens is 289 g/mol. The maximum atomic E-state index is 14.3. The summed E-state index contributed by atoms with van der Waals surface area (Å²) in [6, 6.07) is 12.7. The van der Waals surface area contributed by atoms with E-state index >= 15 is 0 Å². The van der Waals surface area contributed by atoms with E-state index in [1.807, 2.05) is 30.3 Å². The average Bonchev–Trinajstić information content (AvgIpc) is 3.04. The summed E-state index contributed by atoms with van der Waals surface area (Å²) in [5.74, 6) is 0.416. The summed E-state index contributed by atoms with van der Waals surface area (Å²) in [4.78, 5) is 11.7. The van der Waals surface area contributed by atoms with Gasteiger partial charge in [-0.1, -0.05) is 30.4 Å². The van der Waals surface area contributed by atoms with Gasteiger partial charge >= 0.3 is 0 Å². The molecule has 1 aliphatic heterocycles. The molecule has 1 N–H and O–H groups in total. The first-order chi connectivity index (χ1) is 11.1. The molecule has 3 heteroatoms. The van der Waals surface area contributed by atoms with Crippen LogP contribution in [0.15, 0.2) is 54.6 Å². The molecule has 0 radical (unpaired) electrons. The van der Waals surface area contributed by atoms with Crippen molar-refractivity contribution in [3.8, 4) is 0 Å². The molecule has 1 heterocycles. The maximum Gasteiger partial charge on any atom is 0.159 e. The van der Waals surface area contributed by atoms with Crippen molar-refractivity contribution < 1.29 is 9.18 Å². The van der Waals surface area contributed by atoms with Gasteiger partial charge < -0.3 is 5.32 Å². The fraction of sp³-hybridized carbons (Fsp3) is 0.250. The molecule has 0 saturated carbocycles. The van der Waals surface area contributed by atoms with Gasteiger partial charge in [-0.2, -0.15) is 0 Å². The summed E-state index contributed by atoms with van der Waals surface area (Å²) in [6.07, 6.45) is 5.28. The van der Waals surface area contributed by atoms with Crippen LogP contribution in [0.5, 0.6) is 0 Å². The number of allylic oxidation sites excluding steroid dienone is 2. The Morgan fingerprint density at radius 1 is 1.17 bits per heavy atom. The van der Waals surface area contributed by atoms with E-state index in [0.717, 1.165) is 23.2 Å². The number of fused-ring (bicyclic) bond motifs is 3. The molecule has 23 heavy (non-hydrogen) atoms. The number of benzene rings is 2. The fourth-order valence-corrected chi connectivity index (χ4v) is 3.85. The molecule has 0 bridgehead atoms. The van der Waals surface area contributed by atoms with Crippen LogP contribution in [-0.4, -0.2) is 5.78 Å². The number of anilines is 1. The first-order valence-corrected chi connectivity index (χ1v) is 7.97. The summed E-state index contributed by atoms with van der Waals surface area (Å²) in [6.45, 7) is 1.59. The van der Waals surface area contributed by atoms with Gasteiger partial charge in [-0.3, -0.25) is 4.79 Å². The Bertz CT molecular complexity index is 811. The van der Waals surface area contributed by atoms with Crippen LogP contribution in [0.25, 0.3) is 0 Å². The van der Waals surface area contributed by atoms with Crippen molar-refractivity contribution in [1.82, 2.24) is 0 Å². The second kappa shape index (κ2) is 5.34. The largest absolute Gasteiger partial charge is 0.378 e. The van der Waals surface area contributed by atoms with E-state index < -0.39 is 0 Å². The van der Waals surface area contributed by atoms with E-state index in [4.69, 9.17) is 0 Å². The number of nitrogens with one attached hydrogen (secondary N) is 1. The predicted molar refractivity (Wildman–Crippen MR) is 89.2 cm³/mol. The Hall–Kier alpha value is -2.42. The maximum absolute atomic E-state index is 14.3. The van der Waals surface area contributed by atoms with Crippen molar-refractivity contribution in [1.29, 1.82) is 0 Å². The first-order valence-electron chi connectivity index (χ1n) is 7.97. The highest BCUT2D eigenvalue weighted by atomic mass is 19.1. The van der Waals surface area contributed by atoms with E-state index in [1.165, 1.54) is 6.07 Å². The van der Waals surface area contributed by atoms with Crippen LogP contribution < -0.4 is 5.32 Å². The molecular formula is C20H18FNO. The minimum Gasteiger partial charge on any atom is -0.378 e. The van der Waals surface area contributed by atoms with E-state index in [1.54, 1.807) is 13.0 Å². The Labute approximate surface area is 135 Å². The summed E-state index contributed by atoms with van der Waals surface area (Å²) in [7, 11) is 0. The van der Waals surface area contributed by atoms with Gasteiger partial charge in [0.15, 0.2) is 5.78 Å². The molecule has 0 saturated heterocycles. The highest BCUT2D eigenvalue weighted by molar-refractivity contribution is 5.95. The van der Waals surface area contributed by atoms with Gasteiger partial charge in [-0.15, -0.1) is 0 Å². The van der Waals surface area contributed by atoms with Crippen molar-refractivity contribution in [2.75, 3.05) is 5.32 Å². The van der Waals surface area contributed by atoms with Gasteiger partial charge in [-0.25, -0.2) is 4.39 Å². The zero-order valence-electron chi connectivity index (χ0n) is 12.9. The summed E-state index contributed by atoms with van der Waals surface area (Å²) in [5, 5.41) is 3.50. The van der Waals surface area contributed by atoms with Gasteiger partial charge in [0.05, 0.1) is 6.04 Å². The third-order valence-electron chi connectivity index (χ3n) is 5.01. The second-order valence-electron chi connectivity index (χ2n) is 6.36. The third kappa shape index (κ3) is 2.27. The summed E-state index contributed by atoms with van der Waals surface area (Å²) in [5.41, 5.74) is 3.58. The highest BCUT2D eigenvalue weighted by Crippen LogP contribution is 2.50. The molecule has 0 aromatic heterocycles. The molecule has 2 aromatic rings. The van der Waals surface area contributed by atoms with Gasteiger partial charge in [0.25, 0.3) is 0 Å². The summed E-state index contributed by atoms with van der Waals surface area (Å²) >= 11 is 0. The van der Waals surface area contributed by atoms with E-state index in [-0.39, 0.29) is 29.5 Å². The topological polar surface area (TPSA) is 29.1 Å². The lowest BCUT2D eigenvalue weighted by atomic mass is 9.76. The van der Waals surface area contributed by atoms with Crippen LogP contribution in [-0.2, 0) is 0 Å². The number of Topliss-reactive ketones (excluding diaryl/α,β-unsaturated/α-hetero) is 1. The lowest BCUT2D eigenvalue weighted by Crippen LogP contribution is -2.29. The van der Waals surface area contributed by atoms with Gasteiger partial charge in [-0.05, 0) is 49.1 Å². The smallest absolute Gasteiger partial charge is 0.159 e. The standard InChI is InChI=1S/C20H18FNO/c1-12(23)13-9-10-19-17(11-13)14-6-4-7-15(14)20(22-19)16-5-2-3-8-18(16)21/h2-6,8-11,14-15,20,22H,7H2,1H3/t14-,15-,20+/m0/s1. The van der Waals surface area contributed by atoms with Crippen molar-refractivity contribution in [3.63, 3.8) is 0 Å². The molecule has 0 amide bonds. The monoisotopic (exact) mass is 307 g/mol. The lowest BCUT2D eigenvalue weighted by molar-refractivity contribution is 0.101. The minimum absolute atomic E-state index is 0.0492. The number of carbonyl (C=O) groups excluding carboxylic acids is 1. The Morgan fingerprint density at radius 3 is 2.78 bits per heavy atom. The molecule has 0 spiro atoms. The normalized spacial score (nSPS) is 24.7. The number of halogens is 1. The van der Waals surface area contributed by atoms with E-state index in [0.29, 0.717) is 5.56 Å². The molecule has 0 unspecified atom stereocenters. The fourth-order valence-electron chi connectivity index (χ4n) is 3.85. The molecule has 2 nitrogen and oxygen atoms in total. The zero-order valence-corrected chi connectivity index (χ0v) is 12.9. The van der Waals surface area contributed by atoms with Crippen LogP contribution in [0.2, 0.25) is 0 Å². The number of ketones is 1. The molecule has 1 aliphatic carbocycles. The van der Waals surface area contributed by atoms with E-state index in [2.05, 4.69) is 17.5 Å². The molecule has 3 atom stereocenters. The van der Waals surface area contributed by atoms with Crippen LogP contribution in [0, 0.1) is 11.7 Å². The van der Waals surface area contributed by atoms with E-state index in [9.17, 15) is 9.18 Å². The Balaban J connectivity index is 1.81. The van der Waals surface area contributed by atoms with Gasteiger partial charge in [0, 0.05) is 22.7 Å². The van der Waals surface area contributed by atoms with Gasteiger partial charge in [0.1, 0.15) is 5.82 Å². The van der Waals surface area contributed by atoms with Crippen LogP contribution in [0.3, 0.4) is 0 Å². The number of hydrogen-bond donors (Lipinski definition) is 1. The van der Waals surface area contributed by atoms with Gasteiger partial charge in [0.2, 0.25) is 0 Å². The molecule has 2 aliphatic rings. The van der Waals surface area contributed by atoms with Crippen molar-refractivity contribution in [2.24, 2.45) is 5.92 Å². The predicted octanol–water partition coefficient (Wildman–Crippen LogP) is 4.85.